The van der Waals surface area contributed by atoms with Crippen LogP contribution in [0.1, 0.15) is 37.3 Å². The van der Waals surface area contributed by atoms with E-state index in [1.165, 1.54) is 36.9 Å². The van der Waals surface area contributed by atoms with Gasteiger partial charge in [0.25, 0.3) is 0 Å². The lowest BCUT2D eigenvalue weighted by Crippen LogP contribution is -2.42. The molecule has 0 spiro atoms. The predicted octanol–water partition coefficient (Wildman–Crippen LogP) is 2.34. The fourth-order valence-corrected chi connectivity index (χ4v) is 4.31. The number of carbonyl (C=O) groups is 1. The van der Waals surface area contributed by atoms with Crippen molar-refractivity contribution in [2.75, 3.05) is 18.2 Å². The lowest BCUT2D eigenvalue weighted by atomic mass is 10.0. The molecule has 2 N–H and O–H groups in total. The highest BCUT2D eigenvalue weighted by molar-refractivity contribution is 7.99. The summed E-state index contributed by atoms with van der Waals surface area (Å²) in [5.74, 6) is 1.87. The second-order valence-electron chi connectivity index (χ2n) is 6.57. The van der Waals surface area contributed by atoms with E-state index in [1.54, 1.807) is 11.8 Å². The van der Waals surface area contributed by atoms with Gasteiger partial charge in [0.05, 0.1) is 6.04 Å². The fourth-order valence-electron chi connectivity index (χ4n) is 3.36. The first-order chi connectivity index (χ1) is 11.2. The average Bonchev–Trinajstić information content (AvgIpc) is 3.10. The van der Waals surface area contributed by atoms with Gasteiger partial charge in [0.1, 0.15) is 0 Å². The number of rotatable bonds is 5. The van der Waals surface area contributed by atoms with E-state index < -0.39 is 0 Å². The normalized spacial score (nSPS) is 25.4. The Kier molecular flexibility index (Phi) is 5.97. The molecule has 3 rings (SSSR count). The predicted molar refractivity (Wildman–Crippen MR) is 96.3 cm³/mol. The van der Waals surface area contributed by atoms with Gasteiger partial charge in [-0.05, 0) is 37.4 Å². The second-order valence-corrected chi connectivity index (χ2v) is 7.60. The molecule has 2 aliphatic rings. The van der Waals surface area contributed by atoms with Crippen molar-refractivity contribution >= 4 is 17.7 Å². The molecule has 2 atom stereocenters. The molecule has 0 radical (unpaired) electrons. The van der Waals surface area contributed by atoms with E-state index in [-0.39, 0.29) is 11.9 Å². The van der Waals surface area contributed by atoms with E-state index >= 15 is 0 Å². The Balaban J connectivity index is 1.59. The zero-order valence-corrected chi connectivity index (χ0v) is 14.7. The van der Waals surface area contributed by atoms with Gasteiger partial charge in [-0.15, -0.1) is 11.8 Å². The molecule has 0 bridgehead atoms. The molecule has 0 aliphatic carbocycles. The number of piperidine rings is 1. The first-order valence-corrected chi connectivity index (χ1v) is 9.79. The molecule has 2 aliphatic heterocycles. The van der Waals surface area contributed by atoms with Gasteiger partial charge in [0.15, 0.2) is 0 Å². The standard InChI is InChI=1S/C18H27N3OS/c1-14-6-4-5-9-21(14)11-16-8-3-2-7-15(16)10-19-18(22)17-12-23-13-20-17/h2-3,7-8,14,17,20H,4-6,9-13H2,1H3,(H,19,22)/t14-,17-/m0/s1. The Morgan fingerprint density at radius 2 is 2.17 bits per heavy atom. The number of hydrogen-bond donors (Lipinski definition) is 2. The summed E-state index contributed by atoms with van der Waals surface area (Å²) in [6, 6.07) is 9.13. The molecule has 4 nitrogen and oxygen atoms in total. The number of nitrogens with one attached hydrogen (secondary N) is 2. The summed E-state index contributed by atoms with van der Waals surface area (Å²) < 4.78 is 0. The third-order valence-corrected chi connectivity index (χ3v) is 5.86. The minimum Gasteiger partial charge on any atom is -0.351 e. The van der Waals surface area contributed by atoms with Crippen molar-refractivity contribution in [3.8, 4) is 0 Å². The molecule has 1 amide bonds. The highest BCUT2D eigenvalue weighted by atomic mass is 32.2. The Morgan fingerprint density at radius 3 is 2.91 bits per heavy atom. The molecule has 2 fully saturated rings. The molecule has 2 heterocycles. The van der Waals surface area contributed by atoms with Crippen LogP contribution >= 0.6 is 11.8 Å². The van der Waals surface area contributed by atoms with E-state index in [2.05, 4.69) is 46.7 Å². The topological polar surface area (TPSA) is 44.4 Å². The molecule has 0 saturated carbocycles. The molecule has 2 saturated heterocycles. The Labute approximate surface area is 143 Å². The number of nitrogens with zero attached hydrogens (tertiary/aromatic N) is 1. The van der Waals surface area contributed by atoms with Crippen molar-refractivity contribution in [2.45, 2.75) is 51.4 Å². The third kappa shape index (κ3) is 4.49. The molecule has 23 heavy (non-hydrogen) atoms. The summed E-state index contributed by atoms with van der Waals surface area (Å²) in [4.78, 5) is 14.7. The molecule has 1 aromatic rings. The van der Waals surface area contributed by atoms with Crippen molar-refractivity contribution in [1.82, 2.24) is 15.5 Å². The molecular weight excluding hydrogens is 306 g/mol. The SMILES string of the molecule is C[C@H]1CCCCN1Cc1ccccc1CNC(=O)[C@@H]1CSCN1. The van der Waals surface area contributed by atoms with E-state index in [0.29, 0.717) is 12.6 Å². The highest BCUT2D eigenvalue weighted by Crippen LogP contribution is 2.21. The lowest BCUT2D eigenvalue weighted by molar-refractivity contribution is -0.122. The number of thioether (sulfide) groups is 1. The van der Waals surface area contributed by atoms with Gasteiger partial charge in [-0.25, -0.2) is 0 Å². The van der Waals surface area contributed by atoms with Crippen LogP contribution in [-0.4, -0.2) is 41.1 Å². The molecular formula is C18H27N3OS. The minimum absolute atomic E-state index is 0.0331. The van der Waals surface area contributed by atoms with Crippen molar-refractivity contribution in [1.29, 1.82) is 0 Å². The zero-order chi connectivity index (χ0) is 16.1. The van der Waals surface area contributed by atoms with Gasteiger partial charge in [-0.1, -0.05) is 30.7 Å². The lowest BCUT2D eigenvalue weighted by Gasteiger charge is -2.33. The van der Waals surface area contributed by atoms with Gasteiger partial charge in [0, 0.05) is 30.8 Å². The van der Waals surface area contributed by atoms with Gasteiger partial charge < -0.3 is 5.32 Å². The van der Waals surface area contributed by atoms with E-state index in [9.17, 15) is 4.79 Å². The average molecular weight is 334 g/mol. The summed E-state index contributed by atoms with van der Waals surface area (Å²) in [7, 11) is 0. The largest absolute Gasteiger partial charge is 0.351 e. The molecule has 0 aromatic heterocycles. The molecule has 126 valence electrons. The zero-order valence-electron chi connectivity index (χ0n) is 13.9. The maximum atomic E-state index is 12.2. The molecule has 5 heteroatoms. The van der Waals surface area contributed by atoms with Gasteiger partial charge >= 0.3 is 0 Å². The van der Waals surface area contributed by atoms with Crippen molar-refractivity contribution in [3.05, 3.63) is 35.4 Å². The van der Waals surface area contributed by atoms with Gasteiger partial charge in [-0.2, -0.15) is 0 Å². The van der Waals surface area contributed by atoms with Crippen LogP contribution in [-0.2, 0) is 17.9 Å². The Bertz CT molecular complexity index is 531. The summed E-state index contributed by atoms with van der Waals surface area (Å²) in [6.45, 7) is 5.13. The quantitative estimate of drug-likeness (QED) is 0.868. The van der Waals surface area contributed by atoms with Crippen molar-refractivity contribution in [3.63, 3.8) is 0 Å². The van der Waals surface area contributed by atoms with Gasteiger partial charge in [0.2, 0.25) is 5.91 Å². The molecule has 0 unspecified atom stereocenters. The number of hydrogen-bond acceptors (Lipinski definition) is 4. The number of likely N-dealkylation sites (tertiary alicyclic amines) is 1. The second kappa shape index (κ2) is 8.18. The first kappa shape index (κ1) is 16.8. The summed E-state index contributed by atoms with van der Waals surface area (Å²) in [6.07, 6.45) is 3.94. The Morgan fingerprint density at radius 1 is 1.35 bits per heavy atom. The van der Waals surface area contributed by atoms with Crippen LogP contribution in [0, 0.1) is 0 Å². The summed E-state index contributed by atoms with van der Waals surface area (Å²) in [5, 5.41) is 6.32. The van der Waals surface area contributed by atoms with Crippen LogP contribution in [0.15, 0.2) is 24.3 Å². The maximum Gasteiger partial charge on any atom is 0.238 e. The van der Waals surface area contributed by atoms with E-state index in [4.69, 9.17) is 0 Å². The number of benzene rings is 1. The third-order valence-electron chi connectivity index (χ3n) is 4.92. The van der Waals surface area contributed by atoms with Crippen LogP contribution in [0.2, 0.25) is 0 Å². The van der Waals surface area contributed by atoms with Crippen LogP contribution in [0.25, 0.3) is 0 Å². The van der Waals surface area contributed by atoms with Crippen molar-refractivity contribution < 1.29 is 4.79 Å². The van der Waals surface area contributed by atoms with Crippen LogP contribution in [0.5, 0.6) is 0 Å². The summed E-state index contributed by atoms with van der Waals surface area (Å²) in [5.41, 5.74) is 2.58. The monoisotopic (exact) mass is 333 g/mol. The maximum absolute atomic E-state index is 12.2. The van der Waals surface area contributed by atoms with E-state index in [1.807, 2.05) is 0 Å². The van der Waals surface area contributed by atoms with Crippen molar-refractivity contribution in [2.24, 2.45) is 0 Å². The van der Waals surface area contributed by atoms with Gasteiger partial charge in [-0.3, -0.25) is 15.0 Å². The molecule has 1 aromatic carbocycles. The summed E-state index contributed by atoms with van der Waals surface area (Å²) >= 11 is 1.78. The Hall–Kier alpha value is -1.04. The van der Waals surface area contributed by atoms with Crippen LogP contribution in [0.3, 0.4) is 0 Å². The number of carbonyl (C=O) groups excluding carboxylic acids is 1. The smallest absolute Gasteiger partial charge is 0.238 e. The fraction of sp³-hybridized carbons (Fsp3) is 0.611. The first-order valence-electron chi connectivity index (χ1n) is 8.63. The van der Waals surface area contributed by atoms with Crippen LogP contribution < -0.4 is 10.6 Å². The number of amides is 1. The minimum atomic E-state index is -0.0331. The van der Waals surface area contributed by atoms with E-state index in [0.717, 1.165) is 18.2 Å². The highest BCUT2D eigenvalue weighted by Gasteiger charge is 2.23. The van der Waals surface area contributed by atoms with Crippen LogP contribution in [0.4, 0.5) is 0 Å².